The monoisotopic (exact) mass is 698 g/mol. The molecule has 0 aliphatic heterocycles. The molecule has 2 aromatic rings. The first-order chi connectivity index (χ1) is 23.4. The fraction of sp³-hybridized carbons (Fsp3) is 0.625. The maximum absolute atomic E-state index is 13.5. The van der Waals surface area contributed by atoms with Gasteiger partial charge in [-0.25, -0.2) is 0 Å². The minimum absolute atomic E-state index is 0.121. The van der Waals surface area contributed by atoms with E-state index < -0.39 is 54.0 Å². The van der Waals surface area contributed by atoms with Gasteiger partial charge in [0.2, 0.25) is 0 Å². The summed E-state index contributed by atoms with van der Waals surface area (Å²) < 4.78 is 30.4. The van der Waals surface area contributed by atoms with Crippen LogP contribution in [0.15, 0.2) is 30.1 Å². The highest BCUT2D eigenvalue weighted by atomic mass is 16.6. The summed E-state index contributed by atoms with van der Waals surface area (Å²) in [6.45, 7) is 24.7. The van der Waals surface area contributed by atoms with Crippen LogP contribution in [-0.2, 0) is 35.0 Å². The molecule has 0 N–H and O–H groups in total. The van der Waals surface area contributed by atoms with Crippen LogP contribution in [0.1, 0.15) is 152 Å². The topological polar surface area (TPSA) is 139 Å². The van der Waals surface area contributed by atoms with Crippen molar-refractivity contribution in [2.75, 3.05) is 0 Å². The van der Waals surface area contributed by atoms with Crippen molar-refractivity contribution in [3.63, 3.8) is 0 Å². The molecule has 2 heterocycles. The molecule has 50 heavy (non-hydrogen) atoms. The van der Waals surface area contributed by atoms with Crippen LogP contribution in [-0.4, -0.2) is 36.2 Å². The molecule has 0 spiro atoms. The van der Waals surface area contributed by atoms with E-state index in [1.807, 2.05) is 54.5 Å². The Morgan fingerprint density at radius 1 is 0.680 bits per heavy atom. The van der Waals surface area contributed by atoms with E-state index in [0.717, 1.165) is 0 Å². The normalized spacial score (nSPS) is 16.1. The Hall–Kier alpha value is -3.95. The lowest BCUT2D eigenvalue weighted by atomic mass is 9.83. The largest absolute Gasteiger partial charge is 0.465 e. The Balaban J connectivity index is 2.71. The predicted octanol–water partition coefficient (Wildman–Crippen LogP) is 7.97. The van der Waals surface area contributed by atoms with Crippen LogP contribution >= 0.6 is 0 Å². The third kappa shape index (κ3) is 9.63. The van der Waals surface area contributed by atoms with E-state index >= 15 is 0 Å². The van der Waals surface area contributed by atoms with Crippen molar-refractivity contribution in [3.8, 4) is 0 Å². The van der Waals surface area contributed by atoms with Gasteiger partial charge in [0.05, 0.1) is 11.8 Å². The molecule has 0 saturated carbocycles. The van der Waals surface area contributed by atoms with Crippen molar-refractivity contribution in [3.05, 3.63) is 77.4 Å². The van der Waals surface area contributed by atoms with Crippen LogP contribution in [0.5, 0.6) is 0 Å². The lowest BCUT2D eigenvalue weighted by Gasteiger charge is -2.35. The van der Waals surface area contributed by atoms with Gasteiger partial charge in [-0.3, -0.25) is 24.0 Å². The highest BCUT2D eigenvalue weighted by Gasteiger charge is 2.39. The van der Waals surface area contributed by atoms with E-state index in [2.05, 4.69) is 0 Å². The van der Waals surface area contributed by atoms with Crippen LogP contribution in [0.3, 0.4) is 0 Å². The van der Waals surface area contributed by atoms with Crippen LogP contribution in [0.25, 0.3) is 0 Å². The Kier molecular flexibility index (Phi) is 15.5. The van der Waals surface area contributed by atoms with Gasteiger partial charge in [0.1, 0.15) is 41.4 Å². The number of carbonyl (C=O) groups is 3. The summed E-state index contributed by atoms with van der Waals surface area (Å²) in [6, 6.07) is 0. The lowest BCUT2D eigenvalue weighted by molar-refractivity contribution is -0.160. The predicted molar refractivity (Wildman–Crippen MR) is 193 cm³/mol. The summed E-state index contributed by atoms with van der Waals surface area (Å²) in [7, 11) is 0. The second-order valence-corrected chi connectivity index (χ2v) is 13.5. The number of hydrogen-bond acceptors (Lipinski definition) is 10. The van der Waals surface area contributed by atoms with Gasteiger partial charge in [0.25, 0.3) is 0 Å². The summed E-state index contributed by atoms with van der Waals surface area (Å²) >= 11 is 0. The molecule has 10 heteroatoms. The number of esters is 3. The molecule has 0 saturated heterocycles. The van der Waals surface area contributed by atoms with Gasteiger partial charge < -0.3 is 23.0 Å². The standard InChI is InChI=1S/C40H58O10/c1-15-30-22(7)34(44)25(10)39(47-30)28(13)40(49-33(43)18-4)27(12)37(48-32(42)17-3)21(6)19-20(5)36-24(9)35(45)26(11)38(50-36)23(8)31(16-2)46-29(14)41/h19-20,23,27-28,31,37,40H,15-18H2,1-14H3/b21-19+/t20-,23-,27+,28+,31+,37+,40-/m1/s1. The van der Waals surface area contributed by atoms with Crippen molar-refractivity contribution < 1.29 is 37.4 Å². The Morgan fingerprint density at radius 3 is 1.68 bits per heavy atom. The maximum Gasteiger partial charge on any atom is 0.306 e. The smallest absolute Gasteiger partial charge is 0.306 e. The molecule has 10 nitrogen and oxygen atoms in total. The molecule has 2 rings (SSSR count). The molecule has 278 valence electrons. The second-order valence-electron chi connectivity index (χ2n) is 13.5. The van der Waals surface area contributed by atoms with Gasteiger partial charge >= 0.3 is 17.9 Å². The SMILES string of the molecule is CCC(=O)O[C@H]([C@@H](C)[C@@H](OC(=O)CC)/C(C)=C/[C@@H](C)c1oc([C@H](C)[C@H](CC)OC(C)=O)c(C)c(=O)c1C)[C@@H](C)c1oc(CC)c(C)c(=O)c1C. The average molecular weight is 699 g/mol. The van der Waals surface area contributed by atoms with Crippen molar-refractivity contribution in [2.45, 2.75) is 159 Å². The Bertz CT molecular complexity index is 1680. The van der Waals surface area contributed by atoms with E-state index in [1.165, 1.54) is 6.92 Å². The first-order valence-corrected chi connectivity index (χ1v) is 17.9. The molecule has 0 aromatic carbocycles. The quantitative estimate of drug-likeness (QED) is 0.0963. The zero-order valence-electron chi connectivity index (χ0n) is 32.5. The van der Waals surface area contributed by atoms with Crippen molar-refractivity contribution in [1.82, 2.24) is 0 Å². The van der Waals surface area contributed by atoms with Gasteiger partial charge in [-0.1, -0.05) is 61.5 Å². The van der Waals surface area contributed by atoms with Gasteiger partial charge in [0, 0.05) is 60.3 Å². The first-order valence-electron chi connectivity index (χ1n) is 17.9. The van der Waals surface area contributed by atoms with Crippen LogP contribution in [0.2, 0.25) is 0 Å². The zero-order valence-corrected chi connectivity index (χ0v) is 32.5. The first kappa shape index (κ1) is 42.2. The minimum Gasteiger partial charge on any atom is -0.465 e. The third-order valence-electron chi connectivity index (χ3n) is 9.74. The molecule has 0 fully saturated rings. The van der Waals surface area contributed by atoms with E-state index in [0.29, 0.717) is 63.7 Å². The van der Waals surface area contributed by atoms with Gasteiger partial charge in [-0.2, -0.15) is 0 Å². The van der Waals surface area contributed by atoms with Crippen molar-refractivity contribution >= 4 is 17.9 Å². The van der Waals surface area contributed by atoms with E-state index in [9.17, 15) is 24.0 Å². The minimum atomic E-state index is -0.838. The van der Waals surface area contributed by atoms with Crippen LogP contribution in [0, 0.1) is 33.6 Å². The number of rotatable bonds is 16. The number of aryl methyl sites for hydroxylation is 1. The summed E-state index contributed by atoms with van der Waals surface area (Å²) in [4.78, 5) is 64.1. The molecule has 0 amide bonds. The molecule has 2 aromatic heterocycles. The van der Waals surface area contributed by atoms with E-state index in [-0.39, 0.29) is 29.6 Å². The fourth-order valence-corrected chi connectivity index (χ4v) is 6.77. The van der Waals surface area contributed by atoms with E-state index in [4.69, 9.17) is 23.0 Å². The fourth-order valence-electron chi connectivity index (χ4n) is 6.77. The Labute approximate surface area is 297 Å². The number of allylic oxidation sites excluding steroid dienone is 1. The lowest BCUT2D eigenvalue weighted by Crippen LogP contribution is -2.40. The molecular weight excluding hydrogens is 640 g/mol. The highest BCUT2D eigenvalue weighted by molar-refractivity contribution is 5.70. The molecule has 0 aliphatic rings. The second kappa shape index (κ2) is 18.3. The molecular formula is C40H58O10. The van der Waals surface area contributed by atoms with Crippen molar-refractivity contribution in [2.24, 2.45) is 5.92 Å². The van der Waals surface area contributed by atoms with Crippen LogP contribution < -0.4 is 10.9 Å². The summed E-state index contributed by atoms with van der Waals surface area (Å²) in [6.07, 6.45) is 1.05. The van der Waals surface area contributed by atoms with Gasteiger partial charge in [-0.05, 0) is 46.6 Å². The number of hydrogen-bond donors (Lipinski definition) is 0. The molecule has 0 unspecified atom stereocenters. The molecule has 0 radical (unpaired) electrons. The molecule has 7 atom stereocenters. The number of carbonyl (C=O) groups excluding carboxylic acids is 3. The molecule has 0 bridgehead atoms. The maximum atomic E-state index is 13.5. The zero-order chi connectivity index (χ0) is 38.2. The average Bonchev–Trinajstić information content (AvgIpc) is 3.08. The molecule has 0 aliphatic carbocycles. The summed E-state index contributed by atoms with van der Waals surface area (Å²) in [5, 5.41) is 0. The highest BCUT2D eigenvalue weighted by Crippen LogP contribution is 2.36. The van der Waals surface area contributed by atoms with Crippen molar-refractivity contribution in [1.29, 1.82) is 0 Å². The van der Waals surface area contributed by atoms with Crippen LogP contribution in [0.4, 0.5) is 0 Å². The number of ether oxygens (including phenoxy) is 3. The Morgan fingerprint density at radius 2 is 1.18 bits per heavy atom. The van der Waals surface area contributed by atoms with Gasteiger partial charge in [-0.15, -0.1) is 0 Å². The van der Waals surface area contributed by atoms with E-state index in [1.54, 1.807) is 41.5 Å². The summed E-state index contributed by atoms with van der Waals surface area (Å²) in [5.74, 6) is -1.35. The van der Waals surface area contributed by atoms with Gasteiger partial charge in [0.15, 0.2) is 10.9 Å². The summed E-state index contributed by atoms with van der Waals surface area (Å²) in [5.41, 5.74) is 2.28. The third-order valence-corrected chi connectivity index (χ3v) is 9.74.